The summed E-state index contributed by atoms with van der Waals surface area (Å²) < 4.78 is 0. The summed E-state index contributed by atoms with van der Waals surface area (Å²) in [6, 6.07) is 15.7. The lowest BCUT2D eigenvalue weighted by molar-refractivity contribution is 0.0996. The zero-order chi connectivity index (χ0) is 16.2. The fourth-order valence-electron chi connectivity index (χ4n) is 2.20. The number of anilines is 1. The molecule has 1 N–H and O–H groups in total. The molecule has 5 heteroatoms. The number of benzene rings is 2. The highest BCUT2D eigenvalue weighted by atomic mass is 32.1. The standard InChI is InChI=1S/C18H14N2O2S/c1-12-11-23-18(19-12)20-17(22)15-10-6-5-9-14(15)16(21)13-7-3-2-4-8-13/h2-11H,1H3,(H,19,20,22). The van der Waals surface area contributed by atoms with Crippen molar-refractivity contribution in [2.45, 2.75) is 6.92 Å². The molecule has 4 nitrogen and oxygen atoms in total. The summed E-state index contributed by atoms with van der Waals surface area (Å²) >= 11 is 1.36. The van der Waals surface area contributed by atoms with E-state index in [4.69, 9.17) is 0 Å². The molecule has 3 rings (SSSR count). The maximum Gasteiger partial charge on any atom is 0.258 e. The number of rotatable bonds is 4. The van der Waals surface area contributed by atoms with Gasteiger partial charge < -0.3 is 0 Å². The van der Waals surface area contributed by atoms with E-state index in [9.17, 15) is 9.59 Å². The van der Waals surface area contributed by atoms with Gasteiger partial charge in [-0.2, -0.15) is 0 Å². The number of aromatic nitrogens is 1. The van der Waals surface area contributed by atoms with Crippen LogP contribution in [0.15, 0.2) is 60.0 Å². The van der Waals surface area contributed by atoms with Gasteiger partial charge >= 0.3 is 0 Å². The first-order valence-corrected chi connectivity index (χ1v) is 7.95. The Balaban J connectivity index is 1.91. The third-order valence-corrected chi connectivity index (χ3v) is 4.17. The summed E-state index contributed by atoms with van der Waals surface area (Å²) in [5, 5.41) is 5.12. The Morgan fingerprint density at radius 3 is 2.26 bits per heavy atom. The van der Waals surface area contributed by atoms with Crippen molar-refractivity contribution >= 4 is 28.2 Å². The van der Waals surface area contributed by atoms with Crippen LogP contribution in [0.1, 0.15) is 32.0 Å². The van der Waals surface area contributed by atoms with Gasteiger partial charge in [-0.1, -0.05) is 48.5 Å². The molecular weight excluding hydrogens is 308 g/mol. The molecule has 0 spiro atoms. The van der Waals surface area contributed by atoms with Crippen molar-refractivity contribution in [1.82, 2.24) is 4.98 Å². The van der Waals surface area contributed by atoms with Gasteiger partial charge in [-0.05, 0) is 13.0 Å². The topological polar surface area (TPSA) is 59.1 Å². The van der Waals surface area contributed by atoms with E-state index < -0.39 is 0 Å². The van der Waals surface area contributed by atoms with Crippen LogP contribution in [-0.2, 0) is 0 Å². The lowest BCUT2D eigenvalue weighted by Gasteiger charge is -2.08. The molecule has 1 heterocycles. The van der Waals surface area contributed by atoms with Crippen molar-refractivity contribution < 1.29 is 9.59 Å². The number of thiazole rings is 1. The summed E-state index contributed by atoms with van der Waals surface area (Å²) in [5.74, 6) is -0.508. The highest BCUT2D eigenvalue weighted by molar-refractivity contribution is 7.13. The number of aryl methyl sites for hydroxylation is 1. The number of ketones is 1. The van der Waals surface area contributed by atoms with Gasteiger partial charge in [0, 0.05) is 16.5 Å². The molecule has 0 unspecified atom stereocenters. The van der Waals surface area contributed by atoms with E-state index >= 15 is 0 Å². The lowest BCUT2D eigenvalue weighted by Crippen LogP contribution is -2.16. The SMILES string of the molecule is Cc1csc(NC(=O)c2ccccc2C(=O)c2ccccc2)n1. The maximum absolute atomic E-state index is 12.6. The number of carbonyl (C=O) groups excluding carboxylic acids is 2. The van der Waals surface area contributed by atoms with Crippen LogP contribution in [-0.4, -0.2) is 16.7 Å². The van der Waals surface area contributed by atoms with E-state index in [1.807, 2.05) is 18.4 Å². The van der Waals surface area contributed by atoms with E-state index in [2.05, 4.69) is 10.3 Å². The first-order valence-electron chi connectivity index (χ1n) is 7.07. The Bertz CT molecular complexity index is 856. The summed E-state index contributed by atoms with van der Waals surface area (Å²) in [7, 11) is 0. The monoisotopic (exact) mass is 322 g/mol. The molecule has 114 valence electrons. The van der Waals surface area contributed by atoms with Crippen molar-refractivity contribution in [3.8, 4) is 0 Å². The van der Waals surface area contributed by atoms with E-state index in [1.54, 1.807) is 48.5 Å². The van der Waals surface area contributed by atoms with Crippen LogP contribution in [0.25, 0.3) is 0 Å². The molecule has 0 aliphatic heterocycles. The van der Waals surface area contributed by atoms with Gasteiger partial charge in [0.1, 0.15) is 0 Å². The van der Waals surface area contributed by atoms with Crippen LogP contribution in [0.3, 0.4) is 0 Å². The van der Waals surface area contributed by atoms with E-state index in [1.165, 1.54) is 11.3 Å². The number of nitrogens with zero attached hydrogens (tertiary/aromatic N) is 1. The van der Waals surface area contributed by atoms with Crippen molar-refractivity contribution in [3.63, 3.8) is 0 Å². The third-order valence-electron chi connectivity index (χ3n) is 3.29. The number of hydrogen-bond acceptors (Lipinski definition) is 4. The normalized spacial score (nSPS) is 10.3. The summed E-state index contributed by atoms with van der Waals surface area (Å²) in [6.07, 6.45) is 0. The maximum atomic E-state index is 12.6. The third kappa shape index (κ3) is 3.35. The molecule has 2 aromatic carbocycles. The second kappa shape index (κ2) is 6.54. The van der Waals surface area contributed by atoms with Crippen molar-refractivity contribution in [2.24, 2.45) is 0 Å². The molecule has 0 aliphatic rings. The van der Waals surface area contributed by atoms with Crippen LogP contribution in [0.4, 0.5) is 5.13 Å². The van der Waals surface area contributed by atoms with Gasteiger partial charge in [0.25, 0.3) is 5.91 Å². The summed E-state index contributed by atoms with van der Waals surface area (Å²) in [4.78, 5) is 29.3. The van der Waals surface area contributed by atoms with Crippen molar-refractivity contribution in [3.05, 3.63) is 82.4 Å². The molecule has 1 amide bonds. The van der Waals surface area contributed by atoms with Crippen LogP contribution >= 0.6 is 11.3 Å². The predicted molar refractivity (Wildman–Crippen MR) is 91.1 cm³/mol. The first-order chi connectivity index (χ1) is 11.1. The molecule has 0 radical (unpaired) electrons. The highest BCUT2D eigenvalue weighted by Crippen LogP contribution is 2.19. The molecular formula is C18H14N2O2S. The van der Waals surface area contributed by atoms with E-state index in [0.717, 1.165) is 5.69 Å². The predicted octanol–water partition coefficient (Wildman–Crippen LogP) is 3.93. The van der Waals surface area contributed by atoms with Gasteiger partial charge in [-0.15, -0.1) is 11.3 Å². The fourth-order valence-corrected chi connectivity index (χ4v) is 2.88. The smallest absolute Gasteiger partial charge is 0.258 e. The van der Waals surface area contributed by atoms with Crippen LogP contribution in [0.5, 0.6) is 0 Å². The minimum Gasteiger partial charge on any atom is -0.298 e. The lowest BCUT2D eigenvalue weighted by atomic mass is 9.98. The molecule has 3 aromatic rings. The quantitative estimate of drug-likeness (QED) is 0.740. The molecule has 0 atom stereocenters. The zero-order valence-electron chi connectivity index (χ0n) is 12.4. The first kappa shape index (κ1) is 15.1. The number of carbonyl (C=O) groups is 2. The minimum atomic E-state index is -0.334. The van der Waals surface area contributed by atoms with Crippen molar-refractivity contribution in [2.75, 3.05) is 5.32 Å². The molecule has 0 saturated heterocycles. The van der Waals surface area contributed by atoms with Gasteiger partial charge in [-0.3, -0.25) is 14.9 Å². The number of amides is 1. The Morgan fingerprint density at radius 1 is 0.957 bits per heavy atom. The molecule has 1 aromatic heterocycles. The Kier molecular flexibility index (Phi) is 4.30. The fraction of sp³-hybridized carbons (Fsp3) is 0.0556. The second-order valence-corrected chi connectivity index (χ2v) is 5.85. The average molecular weight is 322 g/mol. The van der Waals surface area contributed by atoms with Crippen LogP contribution < -0.4 is 5.32 Å². The Labute approximate surface area is 137 Å². The minimum absolute atomic E-state index is 0.174. The zero-order valence-corrected chi connectivity index (χ0v) is 13.3. The number of nitrogens with one attached hydrogen (secondary N) is 1. The molecule has 0 fully saturated rings. The molecule has 23 heavy (non-hydrogen) atoms. The summed E-state index contributed by atoms with van der Waals surface area (Å²) in [6.45, 7) is 1.86. The number of hydrogen-bond donors (Lipinski definition) is 1. The van der Waals surface area contributed by atoms with E-state index in [0.29, 0.717) is 21.8 Å². The average Bonchev–Trinajstić information content (AvgIpc) is 3.00. The Hall–Kier alpha value is -2.79. The van der Waals surface area contributed by atoms with Crippen molar-refractivity contribution in [1.29, 1.82) is 0 Å². The van der Waals surface area contributed by atoms with Gasteiger partial charge in [0.2, 0.25) is 0 Å². The van der Waals surface area contributed by atoms with Crippen LogP contribution in [0.2, 0.25) is 0 Å². The molecule has 0 aliphatic carbocycles. The Morgan fingerprint density at radius 2 is 1.61 bits per heavy atom. The van der Waals surface area contributed by atoms with Gasteiger partial charge in [0.05, 0.1) is 11.3 Å². The van der Waals surface area contributed by atoms with Crippen LogP contribution in [0, 0.1) is 6.92 Å². The second-order valence-electron chi connectivity index (χ2n) is 4.99. The van der Waals surface area contributed by atoms with Gasteiger partial charge in [0.15, 0.2) is 10.9 Å². The highest BCUT2D eigenvalue weighted by Gasteiger charge is 2.18. The van der Waals surface area contributed by atoms with E-state index in [-0.39, 0.29) is 11.7 Å². The van der Waals surface area contributed by atoms with Gasteiger partial charge in [-0.25, -0.2) is 4.98 Å². The molecule has 0 bridgehead atoms. The summed E-state index contributed by atoms with van der Waals surface area (Å²) in [5.41, 5.74) is 2.12. The molecule has 0 saturated carbocycles. The largest absolute Gasteiger partial charge is 0.298 e.